The highest BCUT2D eigenvalue weighted by molar-refractivity contribution is 7.98. The van der Waals surface area contributed by atoms with Gasteiger partial charge in [0.25, 0.3) is 0 Å². The first-order valence-corrected chi connectivity index (χ1v) is 26.1. The third-order valence-corrected chi connectivity index (χ3v) is 11.6. The van der Waals surface area contributed by atoms with Crippen LogP contribution in [0.15, 0.2) is 4.99 Å². The number of guanidine groups is 1. The number of aliphatic hydroxyl groups excluding tert-OH is 1. The van der Waals surface area contributed by atoms with Crippen molar-refractivity contribution >= 4 is 88.7 Å². The summed E-state index contributed by atoms with van der Waals surface area (Å²) in [5.74, 6) is -12.8. The molecule has 0 radical (unpaired) electrons. The molecule has 24 N–H and O–H groups in total. The van der Waals surface area contributed by atoms with E-state index >= 15 is 0 Å². The van der Waals surface area contributed by atoms with Crippen LogP contribution in [0.4, 0.5) is 0 Å². The molecule has 0 aliphatic heterocycles. The van der Waals surface area contributed by atoms with Gasteiger partial charge in [0.05, 0.1) is 25.5 Å². The van der Waals surface area contributed by atoms with E-state index in [4.69, 9.17) is 40.1 Å². The van der Waals surface area contributed by atoms with Crippen molar-refractivity contribution in [3.8, 4) is 0 Å². The number of nitrogens with one attached hydrogen (secondary N) is 8. The predicted molar refractivity (Wildman–Crippen MR) is 279 cm³/mol. The second-order valence-corrected chi connectivity index (χ2v) is 19.7. The summed E-state index contributed by atoms with van der Waals surface area (Å²) in [5.41, 5.74) is 38.5. The molecule has 0 aromatic rings. The molecule has 432 valence electrons. The fraction of sp³-hybridized carbons (Fsp3) is 0.711. The Kier molecular flexibility index (Phi) is 33.6. The molecular formula is C45H82N16O14S. The van der Waals surface area contributed by atoms with Gasteiger partial charge in [-0.2, -0.15) is 11.8 Å². The third kappa shape index (κ3) is 29.3. The number of carboxylic acid groups (broad SMARTS) is 1. The van der Waals surface area contributed by atoms with Crippen molar-refractivity contribution < 1.29 is 67.7 Å². The first kappa shape index (κ1) is 69.1. The number of thioether (sulfide) groups is 1. The van der Waals surface area contributed by atoms with Gasteiger partial charge in [-0.15, -0.1) is 0 Å². The zero-order valence-electron chi connectivity index (χ0n) is 43.9. The fourth-order valence-corrected chi connectivity index (χ4v) is 7.57. The van der Waals surface area contributed by atoms with Crippen LogP contribution in [0.1, 0.15) is 105 Å². The summed E-state index contributed by atoms with van der Waals surface area (Å²) in [6.07, 6.45) is 0.0698. The van der Waals surface area contributed by atoms with Crippen LogP contribution >= 0.6 is 11.8 Å². The van der Waals surface area contributed by atoms with Crippen LogP contribution in [0.3, 0.4) is 0 Å². The SMILES string of the molecule is CSCC[C@H](NC(=O)[C@H](CCCN=C(N)N)NC(=O)[C@H](CCCCN)NC(=O)[C@H](CC(C)C)NC(=O)[C@H](CC(N)=O)NC(=O)[C@H](CO)NC(=O)[C@H](CCC(N)=O)NC(=O)[C@H](CC(N)=O)NC(=O)[C@@H](N)CC(C)C)C(=O)O. The van der Waals surface area contributed by atoms with Gasteiger partial charge >= 0.3 is 5.97 Å². The molecule has 0 aliphatic rings. The molecule has 0 aliphatic carbocycles. The zero-order chi connectivity index (χ0) is 58.2. The standard InChI is InChI=1S/C45H82N16O14S/c1-22(2)17-24(47)36(66)58-30(19-34(49)64)41(71)56-27(11-12-33(48)63)39(69)61-32(21-62)43(73)60-31(20-35(50)65)42(72)59-29(18-23(3)4)40(70)55-25(9-6-7-14-46)37(67)54-26(10-8-15-53-45(51)52)38(68)57-28(44(74)75)13-16-76-5/h22-32,62H,6-21,46-47H2,1-5H3,(H2,48,63)(H2,49,64)(H2,50,65)(H,54,67)(H,55,70)(H,56,71)(H,57,68)(H,58,66)(H,59,72)(H,60,73)(H,61,69)(H,74,75)(H4,51,52,53)/t24-,25-,26-,27-,28-,29-,30-,31-,32-/m0/s1. The predicted octanol–water partition coefficient (Wildman–Crippen LogP) is -6.69. The van der Waals surface area contributed by atoms with Gasteiger partial charge in [-0.05, 0) is 88.2 Å². The minimum atomic E-state index is -1.93. The van der Waals surface area contributed by atoms with Crippen LogP contribution in [0.25, 0.3) is 0 Å². The van der Waals surface area contributed by atoms with E-state index in [1.807, 2.05) is 0 Å². The molecule has 9 atom stereocenters. The van der Waals surface area contributed by atoms with E-state index in [0.29, 0.717) is 18.6 Å². The van der Waals surface area contributed by atoms with Gasteiger partial charge in [0.15, 0.2) is 5.96 Å². The van der Waals surface area contributed by atoms with Crippen molar-refractivity contribution in [2.75, 3.05) is 31.7 Å². The molecule has 0 fully saturated rings. The summed E-state index contributed by atoms with van der Waals surface area (Å²) >= 11 is 1.36. The van der Waals surface area contributed by atoms with E-state index in [9.17, 15) is 67.7 Å². The summed E-state index contributed by atoms with van der Waals surface area (Å²) in [6, 6.07) is -13.7. The Hall–Kier alpha value is -6.86. The number of hydrogen-bond donors (Lipinski definition) is 17. The average molecular weight is 1100 g/mol. The number of primary amides is 3. The minimum Gasteiger partial charge on any atom is -0.480 e. The lowest BCUT2D eigenvalue weighted by molar-refractivity contribution is -0.142. The Balaban J connectivity index is 6.68. The maximum atomic E-state index is 14.1. The number of rotatable bonds is 40. The minimum absolute atomic E-state index is 0.0235. The van der Waals surface area contributed by atoms with Crippen molar-refractivity contribution in [2.24, 2.45) is 57.0 Å². The summed E-state index contributed by atoms with van der Waals surface area (Å²) in [7, 11) is 0. The molecular weight excluding hydrogens is 1020 g/mol. The Morgan fingerprint density at radius 2 is 0.882 bits per heavy atom. The Morgan fingerprint density at radius 1 is 0.487 bits per heavy atom. The Bertz CT molecular complexity index is 2010. The number of aliphatic carboxylic acids is 1. The lowest BCUT2D eigenvalue weighted by Crippen LogP contribution is -2.61. The highest BCUT2D eigenvalue weighted by Crippen LogP contribution is 2.12. The zero-order valence-corrected chi connectivity index (χ0v) is 44.7. The molecule has 30 nitrogen and oxygen atoms in total. The van der Waals surface area contributed by atoms with Crippen molar-refractivity contribution in [2.45, 2.75) is 159 Å². The van der Waals surface area contributed by atoms with Crippen LogP contribution in [-0.2, 0) is 57.5 Å². The molecule has 76 heavy (non-hydrogen) atoms. The van der Waals surface area contributed by atoms with Crippen LogP contribution in [0.2, 0.25) is 0 Å². The molecule has 0 saturated carbocycles. The van der Waals surface area contributed by atoms with Crippen LogP contribution in [-0.4, -0.2) is 173 Å². The first-order valence-electron chi connectivity index (χ1n) is 24.7. The quantitative estimate of drug-likeness (QED) is 0.0154. The van der Waals surface area contributed by atoms with E-state index < -0.39 is 158 Å². The van der Waals surface area contributed by atoms with Crippen LogP contribution in [0, 0.1) is 11.8 Å². The van der Waals surface area contributed by atoms with E-state index in [2.05, 4.69) is 47.5 Å². The van der Waals surface area contributed by atoms with Gasteiger partial charge < -0.3 is 92.9 Å². The smallest absolute Gasteiger partial charge is 0.326 e. The van der Waals surface area contributed by atoms with Crippen molar-refractivity contribution in [3.63, 3.8) is 0 Å². The second-order valence-electron chi connectivity index (χ2n) is 18.7. The monoisotopic (exact) mass is 1100 g/mol. The van der Waals surface area contributed by atoms with Gasteiger partial charge in [0, 0.05) is 13.0 Å². The van der Waals surface area contributed by atoms with Crippen molar-refractivity contribution in [1.82, 2.24) is 42.5 Å². The fourth-order valence-electron chi connectivity index (χ4n) is 7.10. The van der Waals surface area contributed by atoms with Gasteiger partial charge in [-0.25, -0.2) is 4.79 Å². The second kappa shape index (κ2) is 37.0. The Labute approximate surface area is 445 Å². The van der Waals surface area contributed by atoms with Gasteiger partial charge in [0.1, 0.15) is 48.3 Å². The number of carbonyl (C=O) groups is 12. The first-order chi connectivity index (χ1) is 35.6. The molecule has 0 aromatic heterocycles. The number of carbonyl (C=O) groups excluding carboxylic acids is 11. The molecule has 31 heteroatoms. The lowest BCUT2D eigenvalue weighted by Gasteiger charge is -2.28. The number of nitrogens with zero attached hydrogens (tertiary/aromatic N) is 1. The maximum Gasteiger partial charge on any atom is 0.326 e. The van der Waals surface area contributed by atoms with Crippen LogP contribution < -0.4 is 82.7 Å². The molecule has 11 amide bonds. The molecule has 0 heterocycles. The highest BCUT2D eigenvalue weighted by atomic mass is 32.2. The van der Waals surface area contributed by atoms with Gasteiger partial charge in [-0.1, -0.05) is 27.7 Å². The number of carboxylic acids is 1. The highest BCUT2D eigenvalue weighted by Gasteiger charge is 2.36. The molecule has 0 aromatic carbocycles. The maximum absolute atomic E-state index is 14.1. The topological polar surface area (TPSA) is 536 Å². The van der Waals surface area contributed by atoms with Gasteiger partial charge in [-0.3, -0.25) is 57.7 Å². The number of hydrogen-bond acceptors (Lipinski definition) is 17. The average Bonchev–Trinajstić information content (AvgIpc) is 3.31. The van der Waals surface area contributed by atoms with Gasteiger partial charge in [0.2, 0.25) is 65.0 Å². The largest absolute Gasteiger partial charge is 0.480 e. The number of aliphatic imine (C=N–C) groups is 1. The lowest BCUT2D eigenvalue weighted by atomic mass is 10.0. The molecule has 0 saturated heterocycles. The van der Waals surface area contributed by atoms with E-state index in [1.54, 1.807) is 34.0 Å². The number of aliphatic hydroxyl groups is 1. The van der Waals surface area contributed by atoms with Crippen LogP contribution in [0.5, 0.6) is 0 Å². The van der Waals surface area contributed by atoms with Crippen molar-refractivity contribution in [1.29, 1.82) is 0 Å². The van der Waals surface area contributed by atoms with E-state index in [-0.39, 0.29) is 69.4 Å². The molecule has 0 spiro atoms. The number of unbranched alkanes of at least 4 members (excludes halogenated alkanes) is 1. The summed E-state index contributed by atoms with van der Waals surface area (Å²) in [6.45, 7) is 6.07. The molecule has 0 unspecified atom stereocenters. The number of nitrogens with two attached hydrogens (primary N) is 7. The molecule has 0 rings (SSSR count). The van der Waals surface area contributed by atoms with E-state index in [0.717, 1.165) is 0 Å². The third-order valence-electron chi connectivity index (χ3n) is 11.0. The molecule has 0 bridgehead atoms. The Morgan fingerprint density at radius 3 is 1.30 bits per heavy atom. The summed E-state index contributed by atoms with van der Waals surface area (Å²) in [5, 5.41) is 39.0. The normalized spacial score (nSPS) is 14.6. The summed E-state index contributed by atoms with van der Waals surface area (Å²) in [4.78, 5) is 161. The van der Waals surface area contributed by atoms with Crippen molar-refractivity contribution in [3.05, 3.63) is 0 Å². The number of amides is 11. The van der Waals surface area contributed by atoms with E-state index in [1.165, 1.54) is 11.8 Å². The summed E-state index contributed by atoms with van der Waals surface area (Å²) < 4.78 is 0.